The molecule has 0 unspecified atom stereocenters. The van der Waals surface area contributed by atoms with E-state index in [1.165, 1.54) is 13.8 Å². The minimum absolute atomic E-state index is 0. The van der Waals surface area contributed by atoms with E-state index in [0.717, 1.165) is 0 Å². The van der Waals surface area contributed by atoms with E-state index >= 15 is 0 Å². The van der Waals surface area contributed by atoms with E-state index in [0.29, 0.717) is 0 Å². The topological polar surface area (TPSA) is 169 Å². The molecule has 0 aliphatic rings. The van der Waals surface area contributed by atoms with Gasteiger partial charge in [-0.25, -0.2) is 0 Å². The van der Waals surface area contributed by atoms with Gasteiger partial charge in [-0.05, 0) is 0 Å². The van der Waals surface area contributed by atoms with Gasteiger partial charge in [0, 0.05) is 57.1 Å². The van der Waals surface area contributed by atoms with Crippen molar-refractivity contribution in [2.24, 2.45) is 0 Å². The Morgan fingerprint density at radius 2 is 1.00 bits per heavy atom. The van der Waals surface area contributed by atoms with Gasteiger partial charge in [0.15, 0.2) is 0 Å². The molecule has 1 radical (unpaired) electrons. The van der Waals surface area contributed by atoms with Crippen LogP contribution < -0.4 is 0 Å². The molecule has 0 aromatic heterocycles. The molecule has 0 atom stereocenters. The summed E-state index contributed by atoms with van der Waals surface area (Å²) < 4.78 is 3.97. The van der Waals surface area contributed by atoms with Crippen LogP contribution in [0.15, 0.2) is 0 Å². The van der Waals surface area contributed by atoms with Crippen molar-refractivity contribution in [3.05, 3.63) is 0 Å². The fraction of sp³-hybridized carbons (Fsp3) is 0.500. The molecule has 0 rings (SSSR count). The summed E-state index contributed by atoms with van der Waals surface area (Å²) in [6.07, 6.45) is 0. The first kappa shape index (κ1) is 50.4. The Labute approximate surface area is 105 Å². The average molecular weight is 320 g/mol. The third kappa shape index (κ3) is 69.5. The van der Waals surface area contributed by atoms with Gasteiger partial charge < -0.3 is 26.6 Å². The van der Waals surface area contributed by atoms with Crippen molar-refractivity contribution in [2.75, 3.05) is 0 Å². The van der Waals surface area contributed by atoms with Crippen molar-refractivity contribution < 1.29 is 79.5 Å². The minimum atomic E-state index is -0.562. The molecule has 0 bridgehead atoms. The van der Waals surface area contributed by atoms with E-state index in [2.05, 4.69) is 4.74 Å². The molecule has 0 aliphatic carbocycles. The molecule has 0 aliphatic heterocycles. The summed E-state index contributed by atoms with van der Waals surface area (Å²) in [5.74, 6) is -1.12. The number of ether oxygens (including phenoxy) is 1. The zero-order valence-electron chi connectivity index (χ0n) is 7.10. The van der Waals surface area contributed by atoms with Gasteiger partial charge in [-0.3, -0.25) is 9.59 Å². The molecule has 13 heavy (non-hydrogen) atoms. The van der Waals surface area contributed by atoms with Crippen LogP contribution in [-0.2, 0) is 57.6 Å². The average Bonchev–Trinajstić information content (AvgIpc) is 1.27. The van der Waals surface area contributed by atoms with Crippen LogP contribution in [0, 0.1) is 0 Å². The molecule has 0 saturated heterocycles. The zero-order chi connectivity index (χ0) is 5.86. The second kappa shape index (κ2) is 29.4. The van der Waals surface area contributed by atoms with Crippen LogP contribution in [0.2, 0.25) is 0 Å². The van der Waals surface area contributed by atoms with Crippen LogP contribution in [0.3, 0.4) is 0 Å². The van der Waals surface area contributed by atoms with Crippen molar-refractivity contribution >= 4 is 11.9 Å². The second-order valence-corrected chi connectivity index (χ2v) is 1.09. The van der Waals surface area contributed by atoms with Crippen molar-refractivity contribution in [3.8, 4) is 0 Å². The third-order valence-corrected chi connectivity index (χ3v) is 0.287. The van der Waals surface area contributed by atoms with Crippen molar-refractivity contribution in [3.63, 3.8) is 0 Å². The minimum Gasteiger partial charge on any atom is -0.412 e. The zero-order valence-corrected chi connectivity index (χ0v) is 10.7. The maximum Gasteiger partial charge on any atom is 0.310 e. The summed E-state index contributed by atoms with van der Waals surface area (Å²) in [6.45, 7) is 2.36. The molecule has 0 fully saturated rings. The van der Waals surface area contributed by atoms with Crippen LogP contribution >= 0.6 is 0 Å². The third-order valence-electron chi connectivity index (χ3n) is 0.287. The van der Waals surface area contributed by atoms with Gasteiger partial charge in [0.25, 0.3) is 0 Å². The maximum atomic E-state index is 9.81. The van der Waals surface area contributed by atoms with Gasteiger partial charge in [-0.1, -0.05) is 0 Å². The van der Waals surface area contributed by atoms with Gasteiger partial charge in [0.2, 0.25) is 0 Å². The smallest absolute Gasteiger partial charge is 0.310 e. The number of carbonyl (C=O) groups excluding carboxylic acids is 2. The molecule has 83 valence electrons. The van der Waals surface area contributed by atoms with E-state index in [1.54, 1.807) is 0 Å². The van der Waals surface area contributed by atoms with Crippen LogP contribution in [0.5, 0.6) is 0 Å². The molecule has 0 saturated carbocycles. The number of hydrogen-bond donors (Lipinski definition) is 0. The summed E-state index contributed by atoms with van der Waals surface area (Å²) in [6, 6.07) is 0. The number of carbonyl (C=O) groups is 2. The van der Waals surface area contributed by atoms with Crippen LogP contribution in [-0.4, -0.2) is 33.8 Å². The van der Waals surface area contributed by atoms with E-state index in [9.17, 15) is 9.59 Å². The number of hydrogen-bond acceptors (Lipinski definition) is 3. The Hall–Kier alpha value is 0.383. The fourth-order valence-electron chi connectivity index (χ4n) is 0.202. The largest absolute Gasteiger partial charge is 0.412 e. The van der Waals surface area contributed by atoms with Gasteiger partial charge in [0.05, 0.1) is 0 Å². The molecule has 8 N–H and O–H groups in total. The molecular weight excluding hydrogens is 306 g/mol. The van der Waals surface area contributed by atoms with Gasteiger partial charge in [0.1, 0.15) is 0 Å². The first-order valence-corrected chi connectivity index (χ1v) is 1.82. The monoisotopic (exact) mass is 319 g/mol. The number of esters is 2. The van der Waals surface area contributed by atoms with Gasteiger partial charge in [-0.2, -0.15) is 0 Å². The standard InChI is InChI=1S/C4H6O3.Mn.4H2O.Zr/c1-3(5)7-4(2)6;;;;;;/h1-2H3;;4*1H2;. The van der Waals surface area contributed by atoms with E-state index in [-0.39, 0.29) is 65.2 Å². The summed E-state index contributed by atoms with van der Waals surface area (Å²) in [5.41, 5.74) is 0. The maximum absolute atomic E-state index is 9.81. The summed E-state index contributed by atoms with van der Waals surface area (Å²) in [4.78, 5) is 19.6. The summed E-state index contributed by atoms with van der Waals surface area (Å²) in [7, 11) is 0. The molecule has 7 nitrogen and oxygen atoms in total. The van der Waals surface area contributed by atoms with Crippen LogP contribution in [0.4, 0.5) is 0 Å². The van der Waals surface area contributed by atoms with Gasteiger partial charge >= 0.3 is 11.9 Å². The van der Waals surface area contributed by atoms with Crippen molar-refractivity contribution in [1.82, 2.24) is 0 Å². The Balaban J connectivity index is -0.0000000120. The van der Waals surface area contributed by atoms with Crippen molar-refractivity contribution in [1.29, 1.82) is 0 Å². The SMILES string of the molecule is CC(=O)OC(C)=O.O.O.O.O.[Mn].[Zr]. The van der Waals surface area contributed by atoms with Gasteiger partial charge in [-0.15, -0.1) is 0 Å². The van der Waals surface area contributed by atoms with Crippen LogP contribution in [0.25, 0.3) is 0 Å². The molecule has 0 heterocycles. The molecule has 0 aromatic rings. The van der Waals surface area contributed by atoms with Crippen LogP contribution in [0.1, 0.15) is 13.8 Å². The van der Waals surface area contributed by atoms with E-state index in [4.69, 9.17) is 0 Å². The quantitative estimate of drug-likeness (QED) is 0.260. The fourth-order valence-corrected chi connectivity index (χ4v) is 0.202. The predicted molar refractivity (Wildman–Crippen MR) is 36.9 cm³/mol. The Bertz CT molecular complexity index is 96.7. The summed E-state index contributed by atoms with van der Waals surface area (Å²) >= 11 is 0. The Morgan fingerprint density at radius 1 is 0.846 bits per heavy atom. The van der Waals surface area contributed by atoms with E-state index in [1.807, 2.05) is 0 Å². The van der Waals surface area contributed by atoms with Crippen molar-refractivity contribution in [2.45, 2.75) is 13.8 Å². The normalized spacial score (nSPS) is 4.15. The molecule has 0 amide bonds. The molecule has 0 spiro atoms. The second-order valence-electron chi connectivity index (χ2n) is 1.09. The Kier molecular flexibility index (Phi) is 114. The molecule has 9 heteroatoms. The molecular formula is C4H14MnO7Zr. The summed E-state index contributed by atoms with van der Waals surface area (Å²) in [5, 5.41) is 0. The first-order chi connectivity index (χ1) is 3.13. The number of rotatable bonds is 0. The first-order valence-electron chi connectivity index (χ1n) is 1.82. The molecule has 0 aromatic carbocycles. The van der Waals surface area contributed by atoms with E-state index < -0.39 is 11.9 Å². The Morgan fingerprint density at radius 3 is 1.00 bits per heavy atom. The predicted octanol–water partition coefficient (Wildman–Crippen LogP) is -3.21.